The number of aryl methyl sites for hydroxylation is 1. The van der Waals surface area contributed by atoms with Gasteiger partial charge in [-0.2, -0.15) is 5.10 Å². The molecule has 1 saturated heterocycles. The summed E-state index contributed by atoms with van der Waals surface area (Å²) in [6.45, 7) is 3.28. The Morgan fingerprint density at radius 3 is 3.18 bits per heavy atom. The first-order valence-corrected chi connectivity index (χ1v) is 6.21. The van der Waals surface area contributed by atoms with Crippen molar-refractivity contribution in [1.29, 1.82) is 0 Å². The molecule has 4 heteroatoms. The minimum Gasteiger partial charge on any atom is -0.368 e. The summed E-state index contributed by atoms with van der Waals surface area (Å²) >= 11 is 0. The number of rotatable bonds is 3. The van der Waals surface area contributed by atoms with Gasteiger partial charge < -0.3 is 10.6 Å². The molecule has 90 valence electrons. The summed E-state index contributed by atoms with van der Waals surface area (Å²) in [6, 6.07) is 8.34. The fourth-order valence-electron chi connectivity index (χ4n) is 2.47. The third-order valence-corrected chi connectivity index (χ3v) is 3.48. The van der Waals surface area contributed by atoms with Crippen LogP contribution in [0.15, 0.2) is 24.3 Å². The van der Waals surface area contributed by atoms with Crippen molar-refractivity contribution in [3.63, 3.8) is 0 Å². The maximum Gasteiger partial charge on any atom is 0.155 e. The Balaban J connectivity index is 1.80. The molecule has 1 aromatic carbocycles. The van der Waals surface area contributed by atoms with E-state index in [9.17, 15) is 0 Å². The molecule has 1 fully saturated rings. The molecule has 0 amide bonds. The van der Waals surface area contributed by atoms with E-state index in [1.165, 1.54) is 17.3 Å². The standard InChI is InChI=1S/C13H18N4/c1-17-12-5-3-2-4-11(12)13(16-17)15-9-10-6-7-14-8-10/h2-5,10,14H,6-9H2,1H3,(H,15,16). The van der Waals surface area contributed by atoms with Gasteiger partial charge in [-0.3, -0.25) is 4.68 Å². The lowest BCUT2D eigenvalue weighted by molar-refractivity contribution is 0.613. The summed E-state index contributed by atoms with van der Waals surface area (Å²) < 4.78 is 1.94. The lowest BCUT2D eigenvalue weighted by Crippen LogP contribution is -2.17. The van der Waals surface area contributed by atoms with E-state index in [4.69, 9.17) is 0 Å². The molecule has 2 heterocycles. The number of para-hydroxylation sites is 1. The van der Waals surface area contributed by atoms with Crippen molar-refractivity contribution in [3.05, 3.63) is 24.3 Å². The summed E-state index contributed by atoms with van der Waals surface area (Å²) in [5, 5.41) is 12.6. The van der Waals surface area contributed by atoms with Crippen LogP contribution < -0.4 is 10.6 Å². The van der Waals surface area contributed by atoms with Crippen molar-refractivity contribution < 1.29 is 0 Å². The van der Waals surface area contributed by atoms with Crippen molar-refractivity contribution in [3.8, 4) is 0 Å². The van der Waals surface area contributed by atoms with Crippen LogP contribution in [0, 0.1) is 5.92 Å². The molecule has 2 N–H and O–H groups in total. The van der Waals surface area contributed by atoms with Gasteiger partial charge in [0.2, 0.25) is 0 Å². The van der Waals surface area contributed by atoms with Crippen LogP contribution >= 0.6 is 0 Å². The molecule has 0 aliphatic carbocycles. The third kappa shape index (κ3) is 2.00. The molecule has 17 heavy (non-hydrogen) atoms. The fraction of sp³-hybridized carbons (Fsp3) is 0.462. The van der Waals surface area contributed by atoms with Crippen molar-refractivity contribution in [1.82, 2.24) is 15.1 Å². The second-order valence-electron chi connectivity index (χ2n) is 4.73. The van der Waals surface area contributed by atoms with Crippen LogP contribution in [0.4, 0.5) is 5.82 Å². The Bertz CT molecular complexity index is 511. The van der Waals surface area contributed by atoms with Crippen molar-refractivity contribution in [2.24, 2.45) is 13.0 Å². The van der Waals surface area contributed by atoms with Crippen molar-refractivity contribution >= 4 is 16.7 Å². The predicted molar refractivity (Wildman–Crippen MR) is 70.2 cm³/mol. The Kier molecular flexibility index (Phi) is 2.73. The van der Waals surface area contributed by atoms with Crippen LogP contribution in [0.5, 0.6) is 0 Å². The highest BCUT2D eigenvalue weighted by molar-refractivity contribution is 5.90. The second kappa shape index (κ2) is 4.37. The zero-order valence-corrected chi connectivity index (χ0v) is 10.1. The summed E-state index contributed by atoms with van der Waals surface area (Å²) in [7, 11) is 1.99. The average Bonchev–Trinajstić information content (AvgIpc) is 2.96. The number of nitrogens with one attached hydrogen (secondary N) is 2. The highest BCUT2D eigenvalue weighted by atomic mass is 15.3. The lowest BCUT2D eigenvalue weighted by Gasteiger charge is -2.09. The van der Waals surface area contributed by atoms with Gasteiger partial charge >= 0.3 is 0 Å². The SMILES string of the molecule is Cn1nc(NCC2CCNC2)c2ccccc21. The van der Waals surface area contributed by atoms with Crippen LogP contribution in [0.25, 0.3) is 10.9 Å². The Hall–Kier alpha value is -1.55. The van der Waals surface area contributed by atoms with Gasteiger partial charge in [0, 0.05) is 19.0 Å². The number of nitrogens with zero attached hydrogens (tertiary/aromatic N) is 2. The number of anilines is 1. The summed E-state index contributed by atoms with van der Waals surface area (Å²) in [5.41, 5.74) is 1.18. The largest absolute Gasteiger partial charge is 0.368 e. The van der Waals surface area contributed by atoms with Crippen LogP contribution in [-0.2, 0) is 7.05 Å². The van der Waals surface area contributed by atoms with E-state index in [0.717, 1.165) is 31.4 Å². The molecule has 4 nitrogen and oxygen atoms in total. The van der Waals surface area contributed by atoms with Crippen molar-refractivity contribution in [2.75, 3.05) is 25.0 Å². The maximum absolute atomic E-state index is 4.54. The van der Waals surface area contributed by atoms with Gasteiger partial charge in [0.1, 0.15) is 0 Å². The average molecular weight is 230 g/mol. The molecule has 1 aromatic heterocycles. The first-order valence-electron chi connectivity index (χ1n) is 6.21. The van der Waals surface area contributed by atoms with Gasteiger partial charge in [0.05, 0.1) is 5.52 Å². The van der Waals surface area contributed by atoms with Crippen LogP contribution in [0.1, 0.15) is 6.42 Å². The predicted octanol–water partition coefficient (Wildman–Crippen LogP) is 1.59. The van der Waals surface area contributed by atoms with E-state index in [1.807, 2.05) is 11.7 Å². The number of benzene rings is 1. The Labute approximate surface area is 101 Å². The van der Waals surface area contributed by atoms with E-state index in [-0.39, 0.29) is 0 Å². The topological polar surface area (TPSA) is 41.9 Å². The van der Waals surface area contributed by atoms with Gasteiger partial charge in [-0.05, 0) is 37.6 Å². The molecule has 0 spiro atoms. The Morgan fingerprint density at radius 1 is 1.47 bits per heavy atom. The molecule has 1 atom stereocenters. The molecule has 0 radical (unpaired) electrons. The molecule has 0 bridgehead atoms. The zero-order valence-electron chi connectivity index (χ0n) is 10.1. The molecule has 2 aromatic rings. The van der Waals surface area contributed by atoms with Crippen LogP contribution in [0.2, 0.25) is 0 Å². The molecular weight excluding hydrogens is 212 g/mol. The molecule has 1 aliphatic heterocycles. The van der Waals surface area contributed by atoms with Crippen LogP contribution in [-0.4, -0.2) is 29.4 Å². The van der Waals surface area contributed by atoms with Gasteiger partial charge in [-0.1, -0.05) is 12.1 Å². The quantitative estimate of drug-likeness (QED) is 0.841. The van der Waals surface area contributed by atoms with Gasteiger partial charge in [-0.15, -0.1) is 0 Å². The lowest BCUT2D eigenvalue weighted by atomic mass is 10.1. The maximum atomic E-state index is 4.54. The number of fused-ring (bicyclic) bond motifs is 1. The third-order valence-electron chi connectivity index (χ3n) is 3.48. The van der Waals surface area contributed by atoms with E-state index in [2.05, 4.69) is 40.0 Å². The minimum atomic E-state index is 0.732. The molecule has 0 saturated carbocycles. The molecule has 3 rings (SSSR count). The van der Waals surface area contributed by atoms with E-state index in [0.29, 0.717) is 0 Å². The molecule has 1 unspecified atom stereocenters. The summed E-state index contributed by atoms with van der Waals surface area (Å²) in [4.78, 5) is 0. The first-order chi connectivity index (χ1) is 8.34. The molecule has 1 aliphatic rings. The minimum absolute atomic E-state index is 0.732. The van der Waals surface area contributed by atoms with Crippen molar-refractivity contribution in [2.45, 2.75) is 6.42 Å². The van der Waals surface area contributed by atoms with Gasteiger partial charge in [-0.25, -0.2) is 0 Å². The number of hydrogen-bond donors (Lipinski definition) is 2. The summed E-state index contributed by atoms with van der Waals surface area (Å²) in [6.07, 6.45) is 1.26. The highest BCUT2D eigenvalue weighted by Gasteiger charge is 2.15. The van der Waals surface area contributed by atoms with E-state index >= 15 is 0 Å². The molecular formula is C13H18N4. The van der Waals surface area contributed by atoms with E-state index < -0.39 is 0 Å². The Morgan fingerprint density at radius 2 is 2.35 bits per heavy atom. The number of aromatic nitrogens is 2. The normalized spacial score (nSPS) is 19.9. The van der Waals surface area contributed by atoms with Gasteiger partial charge in [0.25, 0.3) is 0 Å². The highest BCUT2D eigenvalue weighted by Crippen LogP contribution is 2.22. The van der Waals surface area contributed by atoms with Gasteiger partial charge in [0.15, 0.2) is 5.82 Å². The fourth-order valence-corrected chi connectivity index (χ4v) is 2.47. The number of hydrogen-bond acceptors (Lipinski definition) is 3. The van der Waals surface area contributed by atoms with E-state index in [1.54, 1.807) is 0 Å². The second-order valence-corrected chi connectivity index (χ2v) is 4.73. The first kappa shape index (κ1) is 10.6. The zero-order chi connectivity index (χ0) is 11.7. The van der Waals surface area contributed by atoms with Crippen LogP contribution in [0.3, 0.4) is 0 Å². The summed E-state index contributed by atoms with van der Waals surface area (Å²) in [5.74, 6) is 1.74. The smallest absolute Gasteiger partial charge is 0.155 e. The monoisotopic (exact) mass is 230 g/mol.